The molecule has 0 aliphatic heterocycles. The smallest absolute Gasteiger partial charge is 0.325 e. The zero-order valence-corrected chi connectivity index (χ0v) is 14.9. The average molecular weight is 385 g/mol. The van der Waals surface area contributed by atoms with Crippen LogP contribution in [-0.2, 0) is 11.2 Å². The van der Waals surface area contributed by atoms with E-state index in [1.54, 1.807) is 19.2 Å². The van der Waals surface area contributed by atoms with Gasteiger partial charge in [0.1, 0.15) is 11.6 Å². The highest BCUT2D eigenvalue weighted by Crippen LogP contribution is 2.28. The normalized spacial score (nSPS) is 10.4. The number of hydrogen-bond donors (Lipinski definition) is 3. The maximum atomic E-state index is 14.2. The molecule has 0 aliphatic rings. The van der Waals surface area contributed by atoms with E-state index in [1.807, 2.05) is 0 Å². The minimum atomic E-state index is -0.804. The summed E-state index contributed by atoms with van der Waals surface area (Å²) in [4.78, 5) is 26.7. The predicted octanol–water partition coefficient (Wildman–Crippen LogP) is 4.28. The topological polar surface area (TPSA) is 83.2 Å². The molecule has 6 nitrogen and oxygen atoms in total. The Kier molecular flexibility index (Phi) is 5.69. The molecule has 3 amide bonds. The van der Waals surface area contributed by atoms with Gasteiger partial charge in [-0.15, -0.1) is 0 Å². The molecule has 0 unspecified atom stereocenters. The number of benzene rings is 2. The number of halogens is 2. The Hall–Kier alpha value is -3.68. The molecule has 0 spiro atoms. The van der Waals surface area contributed by atoms with E-state index in [-0.39, 0.29) is 17.9 Å². The van der Waals surface area contributed by atoms with E-state index in [0.717, 1.165) is 11.8 Å². The fourth-order valence-corrected chi connectivity index (χ4v) is 2.45. The van der Waals surface area contributed by atoms with Crippen LogP contribution in [-0.4, -0.2) is 16.9 Å². The van der Waals surface area contributed by atoms with Gasteiger partial charge in [-0.1, -0.05) is 12.1 Å². The number of aryl methyl sites for hydroxylation is 1. The molecule has 2 aromatic carbocycles. The van der Waals surface area contributed by atoms with Crippen molar-refractivity contribution in [3.8, 4) is 11.5 Å². The SMILES string of the molecule is Cc1[nH]ccc1Oc1ccc(NC(=O)NC(=O)Cc2ccc(F)cc2)cc1F. The summed E-state index contributed by atoms with van der Waals surface area (Å²) in [6.45, 7) is 1.79. The van der Waals surface area contributed by atoms with Crippen LogP contribution in [0.25, 0.3) is 0 Å². The van der Waals surface area contributed by atoms with Crippen molar-refractivity contribution in [2.45, 2.75) is 13.3 Å². The van der Waals surface area contributed by atoms with Crippen LogP contribution in [0.1, 0.15) is 11.3 Å². The maximum absolute atomic E-state index is 14.2. The van der Waals surface area contributed by atoms with Crippen LogP contribution in [0.15, 0.2) is 54.7 Å². The number of rotatable bonds is 5. The predicted molar refractivity (Wildman–Crippen MR) is 99.3 cm³/mol. The maximum Gasteiger partial charge on any atom is 0.325 e. The molecule has 0 fully saturated rings. The van der Waals surface area contributed by atoms with E-state index in [0.29, 0.717) is 11.3 Å². The molecule has 3 rings (SSSR count). The molecule has 1 aromatic heterocycles. The lowest BCUT2D eigenvalue weighted by atomic mass is 10.1. The molecular weight excluding hydrogens is 368 g/mol. The first-order valence-corrected chi connectivity index (χ1v) is 8.37. The summed E-state index contributed by atoms with van der Waals surface area (Å²) in [5, 5.41) is 4.50. The Labute approximate surface area is 159 Å². The van der Waals surface area contributed by atoms with Crippen molar-refractivity contribution in [3.05, 3.63) is 77.6 Å². The lowest BCUT2D eigenvalue weighted by Gasteiger charge is -2.10. The van der Waals surface area contributed by atoms with Crippen LogP contribution in [0.5, 0.6) is 11.5 Å². The van der Waals surface area contributed by atoms with E-state index in [4.69, 9.17) is 4.74 Å². The van der Waals surface area contributed by atoms with Crippen LogP contribution in [0.3, 0.4) is 0 Å². The highest BCUT2D eigenvalue weighted by molar-refractivity contribution is 6.01. The number of urea groups is 1. The third kappa shape index (κ3) is 4.94. The van der Waals surface area contributed by atoms with E-state index >= 15 is 0 Å². The molecule has 3 N–H and O–H groups in total. The van der Waals surface area contributed by atoms with Crippen molar-refractivity contribution in [1.82, 2.24) is 10.3 Å². The lowest BCUT2D eigenvalue weighted by molar-refractivity contribution is -0.119. The lowest BCUT2D eigenvalue weighted by Crippen LogP contribution is -2.35. The number of carbonyl (C=O) groups excluding carboxylic acids is 2. The van der Waals surface area contributed by atoms with E-state index in [1.165, 1.54) is 36.4 Å². The van der Waals surface area contributed by atoms with Gasteiger partial charge in [-0.05, 0) is 42.8 Å². The average Bonchev–Trinajstić information content (AvgIpc) is 3.04. The molecule has 0 radical (unpaired) electrons. The summed E-state index contributed by atoms with van der Waals surface area (Å²) < 4.78 is 32.5. The summed E-state index contributed by atoms with van der Waals surface area (Å²) in [6.07, 6.45) is 1.58. The van der Waals surface area contributed by atoms with Gasteiger partial charge < -0.3 is 15.0 Å². The number of H-pyrrole nitrogens is 1. The second-order valence-corrected chi connectivity index (χ2v) is 6.02. The van der Waals surface area contributed by atoms with Crippen molar-refractivity contribution >= 4 is 17.6 Å². The fraction of sp³-hybridized carbons (Fsp3) is 0.100. The number of anilines is 1. The minimum Gasteiger partial charge on any atom is -0.452 e. The number of ether oxygens (including phenoxy) is 1. The van der Waals surface area contributed by atoms with Crippen LogP contribution in [0, 0.1) is 18.6 Å². The van der Waals surface area contributed by atoms with Crippen molar-refractivity contribution in [2.24, 2.45) is 0 Å². The Balaban J connectivity index is 1.56. The molecule has 0 saturated carbocycles. The van der Waals surface area contributed by atoms with Crippen molar-refractivity contribution in [1.29, 1.82) is 0 Å². The zero-order valence-electron chi connectivity index (χ0n) is 14.9. The summed E-state index contributed by atoms with van der Waals surface area (Å²) in [5.74, 6) is -1.17. The first-order valence-electron chi connectivity index (χ1n) is 8.37. The van der Waals surface area contributed by atoms with Gasteiger partial charge in [0.25, 0.3) is 0 Å². The number of hydrogen-bond acceptors (Lipinski definition) is 3. The molecule has 3 aromatic rings. The van der Waals surface area contributed by atoms with Gasteiger partial charge in [-0.25, -0.2) is 13.6 Å². The Morgan fingerprint density at radius 2 is 1.79 bits per heavy atom. The van der Waals surface area contributed by atoms with Gasteiger partial charge >= 0.3 is 6.03 Å². The fourth-order valence-electron chi connectivity index (χ4n) is 2.45. The first kappa shape index (κ1) is 19.1. The molecule has 0 atom stereocenters. The number of aromatic nitrogens is 1. The van der Waals surface area contributed by atoms with E-state index in [2.05, 4.69) is 15.6 Å². The van der Waals surface area contributed by atoms with Crippen LogP contribution in [0.2, 0.25) is 0 Å². The van der Waals surface area contributed by atoms with Crippen molar-refractivity contribution < 1.29 is 23.1 Å². The summed E-state index contributed by atoms with van der Waals surface area (Å²) in [6, 6.07) is 10.1. The van der Waals surface area contributed by atoms with E-state index in [9.17, 15) is 18.4 Å². The quantitative estimate of drug-likeness (QED) is 0.613. The van der Waals surface area contributed by atoms with Crippen LogP contribution in [0.4, 0.5) is 19.3 Å². The standard InChI is InChI=1S/C20H17F2N3O3/c1-12-17(8-9-23-12)28-18-7-6-15(11-16(18)22)24-20(27)25-19(26)10-13-2-4-14(21)5-3-13/h2-9,11,23H,10H2,1H3,(H2,24,25,26,27). The Morgan fingerprint density at radius 3 is 2.43 bits per heavy atom. The van der Waals surface area contributed by atoms with Gasteiger partial charge in [-0.3, -0.25) is 10.1 Å². The van der Waals surface area contributed by atoms with Gasteiger partial charge in [0.15, 0.2) is 11.6 Å². The van der Waals surface area contributed by atoms with Gasteiger partial charge in [-0.2, -0.15) is 0 Å². The zero-order chi connectivity index (χ0) is 20.1. The van der Waals surface area contributed by atoms with E-state index < -0.39 is 23.6 Å². The van der Waals surface area contributed by atoms with Crippen molar-refractivity contribution in [3.63, 3.8) is 0 Å². The van der Waals surface area contributed by atoms with Gasteiger partial charge in [0, 0.05) is 18.0 Å². The number of carbonyl (C=O) groups is 2. The number of aromatic amines is 1. The Morgan fingerprint density at radius 1 is 1.04 bits per heavy atom. The monoisotopic (exact) mass is 385 g/mol. The summed E-state index contributed by atoms with van der Waals surface area (Å²) >= 11 is 0. The second kappa shape index (κ2) is 8.34. The van der Waals surface area contributed by atoms with Gasteiger partial charge in [0.2, 0.25) is 5.91 Å². The third-order valence-electron chi connectivity index (χ3n) is 3.84. The van der Waals surface area contributed by atoms with Crippen molar-refractivity contribution in [2.75, 3.05) is 5.32 Å². The molecule has 144 valence electrons. The highest BCUT2D eigenvalue weighted by Gasteiger charge is 2.12. The van der Waals surface area contributed by atoms with Gasteiger partial charge in [0.05, 0.1) is 12.1 Å². The molecule has 0 saturated heterocycles. The molecule has 1 heterocycles. The number of amides is 3. The largest absolute Gasteiger partial charge is 0.452 e. The second-order valence-electron chi connectivity index (χ2n) is 6.02. The first-order chi connectivity index (χ1) is 13.4. The molecule has 0 aliphatic carbocycles. The summed E-state index contributed by atoms with van der Waals surface area (Å²) in [7, 11) is 0. The van der Waals surface area contributed by atoms with Crippen LogP contribution >= 0.6 is 0 Å². The third-order valence-corrected chi connectivity index (χ3v) is 3.84. The molecular formula is C20H17F2N3O3. The minimum absolute atomic E-state index is 0.000967. The summed E-state index contributed by atoms with van der Waals surface area (Å²) in [5.41, 5.74) is 1.46. The highest BCUT2D eigenvalue weighted by atomic mass is 19.1. The number of imide groups is 1. The number of nitrogens with one attached hydrogen (secondary N) is 3. The van der Waals surface area contributed by atoms with Crippen LogP contribution < -0.4 is 15.4 Å². The molecule has 0 bridgehead atoms. The molecule has 8 heteroatoms. The Bertz CT molecular complexity index is 1000. The molecule has 28 heavy (non-hydrogen) atoms.